The number of rotatable bonds is 4. The molecule has 0 saturated carbocycles. The van der Waals surface area contributed by atoms with Crippen LogP contribution in [0.5, 0.6) is 0 Å². The van der Waals surface area contributed by atoms with E-state index in [0.29, 0.717) is 13.1 Å². The number of aromatic amines is 1. The Bertz CT molecular complexity index is 426. The van der Waals surface area contributed by atoms with Gasteiger partial charge in [0, 0.05) is 30.8 Å². The monoisotopic (exact) mass is 252 g/mol. The molecule has 2 rings (SSSR count). The molecule has 0 spiro atoms. The smallest absolute Gasteiger partial charge is 0.317 e. The van der Waals surface area contributed by atoms with E-state index in [1.807, 2.05) is 6.92 Å². The van der Waals surface area contributed by atoms with Crippen molar-refractivity contribution >= 4 is 12.0 Å². The Morgan fingerprint density at radius 2 is 2.39 bits per heavy atom. The zero-order chi connectivity index (χ0) is 13.1. The summed E-state index contributed by atoms with van der Waals surface area (Å²) in [6.07, 6.45) is 3.52. The van der Waals surface area contributed by atoms with Gasteiger partial charge in [0.1, 0.15) is 0 Å². The Morgan fingerprint density at radius 3 is 2.94 bits per heavy atom. The van der Waals surface area contributed by atoms with E-state index in [9.17, 15) is 9.59 Å². The predicted molar refractivity (Wildman–Crippen MR) is 62.9 cm³/mol. The highest BCUT2D eigenvalue weighted by molar-refractivity contribution is 5.76. The van der Waals surface area contributed by atoms with Gasteiger partial charge in [-0.25, -0.2) is 4.79 Å². The van der Waals surface area contributed by atoms with Crippen LogP contribution < -0.4 is 5.32 Å². The molecule has 2 heterocycles. The Hall–Kier alpha value is -2.05. The number of carbonyl (C=O) groups is 2. The lowest BCUT2D eigenvalue weighted by Crippen LogP contribution is -2.54. The number of carboxylic acid groups (broad SMARTS) is 1. The number of likely N-dealkylation sites (tertiary alicyclic amines) is 1. The van der Waals surface area contributed by atoms with E-state index in [2.05, 4.69) is 15.5 Å². The van der Waals surface area contributed by atoms with Gasteiger partial charge in [0.2, 0.25) is 0 Å². The van der Waals surface area contributed by atoms with Crippen LogP contribution in [0.3, 0.4) is 0 Å². The molecule has 0 radical (unpaired) electrons. The lowest BCUT2D eigenvalue weighted by atomic mass is 9.97. The van der Waals surface area contributed by atoms with Crippen LogP contribution in [0.1, 0.15) is 24.9 Å². The summed E-state index contributed by atoms with van der Waals surface area (Å²) in [4.78, 5) is 23.9. The third-order valence-electron chi connectivity index (χ3n) is 3.07. The van der Waals surface area contributed by atoms with Crippen LogP contribution in [0.15, 0.2) is 12.4 Å². The number of aliphatic carboxylic acids is 1. The van der Waals surface area contributed by atoms with E-state index >= 15 is 0 Å². The first-order valence-electron chi connectivity index (χ1n) is 5.82. The normalized spacial score (nSPS) is 17.1. The average molecular weight is 252 g/mol. The van der Waals surface area contributed by atoms with Crippen molar-refractivity contribution in [3.8, 4) is 0 Å². The Morgan fingerprint density at radius 1 is 1.67 bits per heavy atom. The quantitative estimate of drug-likeness (QED) is 0.730. The van der Waals surface area contributed by atoms with Crippen molar-refractivity contribution in [1.29, 1.82) is 0 Å². The van der Waals surface area contributed by atoms with Crippen LogP contribution in [0.4, 0.5) is 4.79 Å². The summed E-state index contributed by atoms with van der Waals surface area (Å²) >= 11 is 0. The van der Waals surface area contributed by atoms with Crippen molar-refractivity contribution in [3.63, 3.8) is 0 Å². The number of hydrogen-bond donors (Lipinski definition) is 3. The van der Waals surface area contributed by atoms with Crippen LogP contribution in [0.2, 0.25) is 0 Å². The highest BCUT2D eigenvalue weighted by Crippen LogP contribution is 2.20. The first kappa shape index (κ1) is 12.4. The molecule has 1 unspecified atom stereocenters. The molecule has 7 heteroatoms. The largest absolute Gasteiger partial charge is 0.481 e. The Balaban J connectivity index is 1.75. The predicted octanol–water partition coefficient (Wildman–Crippen LogP) is 0.587. The summed E-state index contributed by atoms with van der Waals surface area (Å²) < 4.78 is 0. The molecule has 1 aliphatic rings. The van der Waals surface area contributed by atoms with Crippen molar-refractivity contribution in [2.24, 2.45) is 5.92 Å². The van der Waals surface area contributed by atoms with Gasteiger partial charge in [-0.3, -0.25) is 9.89 Å². The van der Waals surface area contributed by atoms with Gasteiger partial charge < -0.3 is 15.3 Å². The summed E-state index contributed by atoms with van der Waals surface area (Å²) in [5.74, 6) is -0.732. The van der Waals surface area contributed by atoms with Gasteiger partial charge in [-0.15, -0.1) is 0 Å². The standard InChI is InChI=1S/C11H16N4O3/c1-7(9-3-12-13-4-9)14-11(18)15-5-8(6-15)2-10(16)17/h3-4,7-8H,2,5-6H2,1H3,(H,12,13)(H,14,18)(H,16,17). The van der Waals surface area contributed by atoms with E-state index in [1.165, 1.54) is 0 Å². The van der Waals surface area contributed by atoms with Gasteiger partial charge in [0.15, 0.2) is 0 Å². The average Bonchev–Trinajstić information content (AvgIpc) is 2.75. The van der Waals surface area contributed by atoms with Gasteiger partial charge in [-0.1, -0.05) is 0 Å². The molecule has 0 aromatic carbocycles. The fourth-order valence-electron chi connectivity index (χ4n) is 1.97. The number of H-pyrrole nitrogens is 1. The molecule has 1 saturated heterocycles. The van der Waals surface area contributed by atoms with Crippen molar-refractivity contribution in [2.75, 3.05) is 13.1 Å². The zero-order valence-electron chi connectivity index (χ0n) is 10.1. The van der Waals surface area contributed by atoms with E-state index in [0.717, 1.165) is 5.56 Å². The van der Waals surface area contributed by atoms with Gasteiger partial charge >= 0.3 is 12.0 Å². The fourth-order valence-corrected chi connectivity index (χ4v) is 1.97. The first-order valence-corrected chi connectivity index (χ1v) is 5.82. The topological polar surface area (TPSA) is 98.3 Å². The van der Waals surface area contributed by atoms with Gasteiger partial charge in [0.25, 0.3) is 0 Å². The maximum atomic E-state index is 11.8. The van der Waals surface area contributed by atoms with Crippen LogP contribution >= 0.6 is 0 Å². The fraction of sp³-hybridized carbons (Fsp3) is 0.545. The van der Waals surface area contributed by atoms with E-state index in [4.69, 9.17) is 5.11 Å². The molecule has 1 aromatic heterocycles. The second kappa shape index (κ2) is 5.07. The molecule has 7 nitrogen and oxygen atoms in total. The van der Waals surface area contributed by atoms with Gasteiger partial charge in [-0.2, -0.15) is 5.10 Å². The number of urea groups is 1. The highest BCUT2D eigenvalue weighted by atomic mass is 16.4. The summed E-state index contributed by atoms with van der Waals surface area (Å²) in [5, 5.41) is 18.0. The number of carbonyl (C=O) groups excluding carboxylic acids is 1. The summed E-state index contributed by atoms with van der Waals surface area (Å²) in [5.41, 5.74) is 0.908. The lowest BCUT2D eigenvalue weighted by molar-refractivity contribution is -0.139. The molecular weight excluding hydrogens is 236 g/mol. The van der Waals surface area contributed by atoms with Gasteiger partial charge in [0.05, 0.1) is 18.7 Å². The van der Waals surface area contributed by atoms with Crippen molar-refractivity contribution < 1.29 is 14.7 Å². The number of nitrogens with zero attached hydrogens (tertiary/aromatic N) is 2. The van der Waals surface area contributed by atoms with Crippen molar-refractivity contribution in [3.05, 3.63) is 18.0 Å². The lowest BCUT2D eigenvalue weighted by Gasteiger charge is -2.39. The van der Waals surface area contributed by atoms with Crippen molar-refractivity contribution in [2.45, 2.75) is 19.4 Å². The minimum atomic E-state index is -0.813. The van der Waals surface area contributed by atoms with Gasteiger partial charge in [-0.05, 0) is 6.92 Å². The number of amides is 2. The number of aromatic nitrogens is 2. The molecule has 0 aliphatic carbocycles. The second-order valence-corrected chi connectivity index (χ2v) is 4.57. The highest BCUT2D eigenvalue weighted by Gasteiger charge is 2.32. The van der Waals surface area contributed by atoms with E-state index in [1.54, 1.807) is 17.3 Å². The molecular formula is C11H16N4O3. The molecule has 3 N–H and O–H groups in total. The summed E-state index contributed by atoms with van der Waals surface area (Å²) in [6, 6.07) is -0.278. The molecule has 18 heavy (non-hydrogen) atoms. The van der Waals surface area contributed by atoms with Crippen LogP contribution in [-0.4, -0.2) is 45.3 Å². The maximum Gasteiger partial charge on any atom is 0.317 e. The maximum absolute atomic E-state index is 11.8. The summed E-state index contributed by atoms with van der Waals surface area (Å²) in [6.45, 7) is 2.89. The third-order valence-corrected chi connectivity index (χ3v) is 3.07. The molecule has 2 amide bonds. The molecule has 1 atom stereocenters. The minimum absolute atomic E-state index is 0.0810. The van der Waals surface area contributed by atoms with Crippen molar-refractivity contribution in [1.82, 2.24) is 20.4 Å². The third kappa shape index (κ3) is 2.79. The van der Waals surface area contributed by atoms with Crippen LogP contribution in [-0.2, 0) is 4.79 Å². The minimum Gasteiger partial charge on any atom is -0.481 e. The molecule has 0 bridgehead atoms. The molecule has 1 aliphatic heterocycles. The number of carboxylic acids is 1. The first-order chi connectivity index (χ1) is 8.56. The van der Waals surface area contributed by atoms with Crippen LogP contribution in [0.25, 0.3) is 0 Å². The van der Waals surface area contributed by atoms with E-state index < -0.39 is 5.97 Å². The number of nitrogens with one attached hydrogen (secondary N) is 2. The SMILES string of the molecule is CC(NC(=O)N1CC(CC(=O)O)C1)c1cn[nH]c1. The number of hydrogen-bond acceptors (Lipinski definition) is 3. The van der Waals surface area contributed by atoms with E-state index in [-0.39, 0.29) is 24.4 Å². The molecule has 1 aromatic rings. The Kier molecular flexibility index (Phi) is 3.50. The zero-order valence-corrected chi connectivity index (χ0v) is 10.1. The molecule has 98 valence electrons. The Labute approximate surface area is 104 Å². The van der Waals surface area contributed by atoms with Crippen LogP contribution in [0, 0.1) is 5.92 Å². The summed E-state index contributed by atoms with van der Waals surface area (Å²) in [7, 11) is 0. The second-order valence-electron chi connectivity index (χ2n) is 4.57. The molecule has 1 fully saturated rings.